The predicted molar refractivity (Wildman–Crippen MR) is 93.0 cm³/mol. The van der Waals surface area contributed by atoms with Gasteiger partial charge in [-0.05, 0) is 44.5 Å². The van der Waals surface area contributed by atoms with Gasteiger partial charge in [-0.15, -0.1) is 0 Å². The molecule has 0 unspecified atom stereocenters. The molecule has 1 amide bonds. The van der Waals surface area contributed by atoms with Crippen molar-refractivity contribution in [2.75, 3.05) is 6.54 Å². The number of amides is 1. The molecule has 1 aromatic heterocycles. The monoisotopic (exact) mass is 347 g/mol. The van der Waals surface area contributed by atoms with E-state index < -0.39 is 0 Å². The molecule has 0 spiro atoms. The predicted octanol–water partition coefficient (Wildman–Crippen LogP) is 3.51. The van der Waals surface area contributed by atoms with E-state index >= 15 is 0 Å². The van der Waals surface area contributed by atoms with Crippen molar-refractivity contribution in [2.45, 2.75) is 46.1 Å². The van der Waals surface area contributed by atoms with Crippen molar-refractivity contribution in [3.05, 3.63) is 52.6 Å². The van der Waals surface area contributed by atoms with Crippen LogP contribution in [0.25, 0.3) is 0 Å². The molecule has 0 atom stereocenters. The lowest BCUT2D eigenvalue weighted by Crippen LogP contribution is -2.31. The first-order valence-corrected chi connectivity index (χ1v) is 8.61. The van der Waals surface area contributed by atoms with Gasteiger partial charge in [0.25, 0.3) is 5.91 Å². The Morgan fingerprint density at radius 2 is 2.04 bits per heavy atom. The highest BCUT2D eigenvalue weighted by atomic mass is 35.5. The second kappa shape index (κ2) is 7.36. The molecule has 128 valence electrons. The molecule has 1 aliphatic rings. The van der Waals surface area contributed by atoms with Gasteiger partial charge in [-0.25, -0.2) is 4.98 Å². The number of fused-ring (bicyclic) bond motifs is 1. The lowest BCUT2D eigenvalue weighted by Gasteiger charge is -2.21. The zero-order valence-electron chi connectivity index (χ0n) is 14.0. The van der Waals surface area contributed by atoms with Crippen LogP contribution in [0.2, 0.25) is 5.02 Å². The van der Waals surface area contributed by atoms with Gasteiger partial charge in [0.1, 0.15) is 0 Å². The second-order valence-electron chi connectivity index (χ2n) is 6.28. The SMILES string of the molecule is CC(C)OCc1ncn2c1CN(C(=O)c1ccc(Cl)cc1)CCC2. The highest BCUT2D eigenvalue weighted by molar-refractivity contribution is 6.30. The van der Waals surface area contributed by atoms with Crippen molar-refractivity contribution in [2.24, 2.45) is 0 Å². The summed E-state index contributed by atoms with van der Waals surface area (Å²) in [6.45, 7) is 6.64. The van der Waals surface area contributed by atoms with E-state index in [1.165, 1.54) is 0 Å². The van der Waals surface area contributed by atoms with E-state index in [0.717, 1.165) is 30.9 Å². The van der Waals surface area contributed by atoms with E-state index in [1.54, 1.807) is 24.3 Å². The van der Waals surface area contributed by atoms with Crippen molar-refractivity contribution in [3.63, 3.8) is 0 Å². The van der Waals surface area contributed by atoms with Gasteiger partial charge >= 0.3 is 0 Å². The summed E-state index contributed by atoms with van der Waals surface area (Å²) in [7, 11) is 0. The summed E-state index contributed by atoms with van der Waals surface area (Å²) in [5, 5.41) is 0.633. The molecule has 1 aromatic carbocycles. The smallest absolute Gasteiger partial charge is 0.254 e. The van der Waals surface area contributed by atoms with Gasteiger partial charge in [0.05, 0.1) is 37.0 Å². The minimum absolute atomic E-state index is 0.0250. The average Bonchev–Trinajstić information content (AvgIpc) is 2.81. The zero-order chi connectivity index (χ0) is 17.1. The Kier molecular flexibility index (Phi) is 5.21. The van der Waals surface area contributed by atoms with Crippen LogP contribution in [0.5, 0.6) is 0 Å². The van der Waals surface area contributed by atoms with Crippen LogP contribution < -0.4 is 0 Å². The van der Waals surface area contributed by atoms with Gasteiger partial charge in [-0.1, -0.05) is 11.6 Å². The quantitative estimate of drug-likeness (QED) is 0.850. The van der Waals surface area contributed by atoms with Gasteiger partial charge in [0, 0.05) is 23.7 Å². The van der Waals surface area contributed by atoms with Crippen LogP contribution >= 0.6 is 11.6 Å². The summed E-state index contributed by atoms with van der Waals surface area (Å²) in [4.78, 5) is 19.1. The maximum atomic E-state index is 12.8. The van der Waals surface area contributed by atoms with E-state index in [-0.39, 0.29) is 12.0 Å². The molecule has 3 rings (SSSR count). The Morgan fingerprint density at radius 1 is 1.29 bits per heavy atom. The third kappa shape index (κ3) is 3.79. The summed E-state index contributed by atoms with van der Waals surface area (Å²) in [6, 6.07) is 7.04. The fraction of sp³-hybridized carbons (Fsp3) is 0.444. The van der Waals surface area contributed by atoms with Crippen LogP contribution in [-0.4, -0.2) is 33.0 Å². The largest absolute Gasteiger partial charge is 0.372 e. The third-order valence-electron chi connectivity index (χ3n) is 4.13. The van der Waals surface area contributed by atoms with E-state index in [2.05, 4.69) is 9.55 Å². The molecule has 0 N–H and O–H groups in total. The van der Waals surface area contributed by atoms with Crippen LogP contribution in [0.4, 0.5) is 0 Å². The van der Waals surface area contributed by atoms with Gasteiger partial charge in [0.15, 0.2) is 0 Å². The molecule has 0 radical (unpaired) electrons. The van der Waals surface area contributed by atoms with Crippen molar-refractivity contribution in [3.8, 4) is 0 Å². The van der Waals surface area contributed by atoms with E-state index in [9.17, 15) is 4.79 Å². The standard InChI is InChI=1S/C18H22ClN3O2/c1-13(2)24-11-16-17-10-21(8-3-9-22(17)12-20-16)18(23)14-4-6-15(19)7-5-14/h4-7,12-13H,3,8-11H2,1-2H3. The van der Waals surface area contributed by atoms with E-state index in [0.29, 0.717) is 23.7 Å². The number of aryl methyl sites for hydroxylation is 1. The van der Waals surface area contributed by atoms with Crippen molar-refractivity contribution in [1.82, 2.24) is 14.5 Å². The number of ether oxygens (including phenoxy) is 1. The maximum Gasteiger partial charge on any atom is 0.254 e. The number of halogens is 1. The van der Waals surface area contributed by atoms with Gasteiger partial charge < -0.3 is 14.2 Å². The van der Waals surface area contributed by atoms with Gasteiger partial charge in [-0.2, -0.15) is 0 Å². The number of aromatic nitrogens is 2. The van der Waals surface area contributed by atoms with Crippen LogP contribution in [0, 0.1) is 0 Å². The number of hydrogen-bond acceptors (Lipinski definition) is 3. The summed E-state index contributed by atoms with van der Waals surface area (Å²) < 4.78 is 7.83. The highest BCUT2D eigenvalue weighted by Crippen LogP contribution is 2.20. The van der Waals surface area contributed by atoms with E-state index in [1.807, 2.05) is 25.1 Å². The first kappa shape index (κ1) is 17.0. The minimum Gasteiger partial charge on any atom is -0.372 e. The number of benzene rings is 1. The number of rotatable bonds is 4. The first-order valence-electron chi connectivity index (χ1n) is 8.24. The fourth-order valence-electron chi connectivity index (χ4n) is 2.83. The Bertz CT molecular complexity index is 710. The summed E-state index contributed by atoms with van der Waals surface area (Å²) in [5.41, 5.74) is 2.64. The number of nitrogens with zero attached hydrogens (tertiary/aromatic N) is 3. The number of imidazole rings is 1. The fourth-order valence-corrected chi connectivity index (χ4v) is 2.96. The van der Waals surface area contributed by atoms with Crippen molar-refractivity contribution in [1.29, 1.82) is 0 Å². The molecular formula is C18H22ClN3O2. The Morgan fingerprint density at radius 3 is 2.75 bits per heavy atom. The molecular weight excluding hydrogens is 326 g/mol. The van der Waals surface area contributed by atoms with E-state index in [4.69, 9.17) is 16.3 Å². The summed E-state index contributed by atoms with van der Waals surface area (Å²) >= 11 is 5.91. The van der Waals surface area contributed by atoms with Crippen LogP contribution in [-0.2, 0) is 24.4 Å². The minimum atomic E-state index is 0.0250. The van der Waals surface area contributed by atoms with Gasteiger partial charge in [0.2, 0.25) is 0 Å². The zero-order valence-corrected chi connectivity index (χ0v) is 14.8. The second-order valence-corrected chi connectivity index (χ2v) is 6.71. The Labute approximate surface area is 147 Å². The summed E-state index contributed by atoms with van der Waals surface area (Å²) in [5.74, 6) is 0.0250. The number of carbonyl (C=O) groups is 1. The number of carbonyl (C=O) groups excluding carboxylic acids is 1. The molecule has 5 nitrogen and oxygen atoms in total. The molecule has 1 aliphatic heterocycles. The van der Waals surface area contributed by atoms with Crippen LogP contribution in [0.15, 0.2) is 30.6 Å². The van der Waals surface area contributed by atoms with Crippen LogP contribution in [0.1, 0.15) is 42.0 Å². The molecule has 2 aromatic rings. The Balaban J connectivity index is 1.79. The molecule has 2 heterocycles. The lowest BCUT2D eigenvalue weighted by molar-refractivity contribution is 0.0620. The highest BCUT2D eigenvalue weighted by Gasteiger charge is 2.23. The summed E-state index contributed by atoms with van der Waals surface area (Å²) in [6.07, 6.45) is 2.91. The normalized spacial score (nSPS) is 14.6. The van der Waals surface area contributed by atoms with Gasteiger partial charge in [-0.3, -0.25) is 4.79 Å². The molecule has 6 heteroatoms. The van der Waals surface area contributed by atoms with Crippen molar-refractivity contribution < 1.29 is 9.53 Å². The lowest BCUT2D eigenvalue weighted by atomic mass is 10.2. The first-order chi connectivity index (χ1) is 11.5. The molecule has 0 saturated carbocycles. The third-order valence-corrected chi connectivity index (χ3v) is 4.38. The molecule has 0 aliphatic carbocycles. The van der Waals surface area contributed by atoms with Crippen molar-refractivity contribution >= 4 is 17.5 Å². The average molecular weight is 348 g/mol. The molecule has 0 saturated heterocycles. The number of hydrogen-bond donors (Lipinski definition) is 0. The Hall–Kier alpha value is -1.85. The molecule has 24 heavy (non-hydrogen) atoms. The van der Waals surface area contributed by atoms with Crippen LogP contribution in [0.3, 0.4) is 0 Å². The molecule has 0 fully saturated rings. The molecule has 0 bridgehead atoms. The maximum absolute atomic E-state index is 12.8. The topological polar surface area (TPSA) is 47.4 Å².